The van der Waals surface area contributed by atoms with Gasteiger partial charge < -0.3 is 5.73 Å². The van der Waals surface area contributed by atoms with Gasteiger partial charge in [-0.05, 0) is 6.07 Å². The maximum absolute atomic E-state index is 11.2. The van der Waals surface area contributed by atoms with Crippen molar-refractivity contribution in [1.29, 1.82) is 0 Å². The molecular formula is C8H8N4O2S. The van der Waals surface area contributed by atoms with Crippen molar-refractivity contribution in [1.82, 2.24) is 15.0 Å². The molecule has 0 saturated heterocycles. The van der Waals surface area contributed by atoms with E-state index in [1.165, 1.54) is 12.4 Å². The van der Waals surface area contributed by atoms with Gasteiger partial charge in [0.15, 0.2) is 0 Å². The van der Waals surface area contributed by atoms with E-state index in [0.29, 0.717) is 10.9 Å². The van der Waals surface area contributed by atoms with Gasteiger partial charge in [-0.15, -0.1) is 0 Å². The SMILES string of the molecule is CS(=O)(=O)c1ncc2ccnc(N)c2n1. The van der Waals surface area contributed by atoms with Crippen molar-refractivity contribution in [3.63, 3.8) is 0 Å². The van der Waals surface area contributed by atoms with Crippen molar-refractivity contribution in [2.45, 2.75) is 5.16 Å². The molecule has 0 aromatic carbocycles. The molecule has 2 rings (SSSR count). The summed E-state index contributed by atoms with van der Waals surface area (Å²) >= 11 is 0. The molecule has 78 valence electrons. The minimum Gasteiger partial charge on any atom is -0.382 e. The average Bonchev–Trinajstić information content (AvgIpc) is 2.16. The predicted octanol–water partition coefficient (Wildman–Crippen LogP) is 0.0105. The largest absolute Gasteiger partial charge is 0.382 e. The van der Waals surface area contributed by atoms with Crippen LogP contribution in [0.2, 0.25) is 0 Å². The molecule has 0 unspecified atom stereocenters. The summed E-state index contributed by atoms with van der Waals surface area (Å²) in [6, 6.07) is 1.66. The molecule has 6 nitrogen and oxygen atoms in total. The molecule has 0 aliphatic heterocycles. The molecule has 15 heavy (non-hydrogen) atoms. The third-order valence-electron chi connectivity index (χ3n) is 1.84. The molecule has 0 fully saturated rings. The van der Waals surface area contributed by atoms with Crippen LogP contribution in [-0.4, -0.2) is 29.6 Å². The molecule has 0 aliphatic rings. The summed E-state index contributed by atoms with van der Waals surface area (Å²) < 4.78 is 22.4. The highest BCUT2D eigenvalue weighted by Crippen LogP contribution is 2.16. The van der Waals surface area contributed by atoms with Crippen LogP contribution in [-0.2, 0) is 9.84 Å². The highest BCUT2D eigenvalue weighted by Gasteiger charge is 2.12. The summed E-state index contributed by atoms with van der Waals surface area (Å²) in [6.07, 6.45) is 3.97. The van der Waals surface area contributed by atoms with Gasteiger partial charge in [-0.3, -0.25) is 0 Å². The zero-order valence-corrected chi connectivity index (χ0v) is 8.69. The second-order valence-corrected chi connectivity index (χ2v) is 4.97. The Morgan fingerprint density at radius 1 is 1.33 bits per heavy atom. The zero-order valence-electron chi connectivity index (χ0n) is 7.88. The molecule has 2 heterocycles. The first kappa shape index (κ1) is 9.78. The molecule has 7 heteroatoms. The van der Waals surface area contributed by atoms with E-state index < -0.39 is 9.84 Å². The van der Waals surface area contributed by atoms with E-state index in [4.69, 9.17) is 5.73 Å². The first-order valence-electron chi connectivity index (χ1n) is 4.06. The Morgan fingerprint density at radius 2 is 2.07 bits per heavy atom. The Kier molecular flexibility index (Phi) is 2.04. The third-order valence-corrected chi connectivity index (χ3v) is 2.70. The molecule has 0 radical (unpaired) electrons. The first-order valence-corrected chi connectivity index (χ1v) is 5.95. The van der Waals surface area contributed by atoms with E-state index in [1.54, 1.807) is 6.07 Å². The minimum atomic E-state index is -3.42. The van der Waals surface area contributed by atoms with Crippen molar-refractivity contribution in [2.24, 2.45) is 0 Å². The fourth-order valence-electron chi connectivity index (χ4n) is 1.14. The van der Waals surface area contributed by atoms with Crippen LogP contribution < -0.4 is 5.73 Å². The number of nitrogens with zero attached hydrogens (tertiary/aromatic N) is 3. The number of aromatic nitrogens is 3. The van der Waals surface area contributed by atoms with E-state index in [0.717, 1.165) is 6.26 Å². The summed E-state index contributed by atoms with van der Waals surface area (Å²) in [4.78, 5) is 11.4. The number of fused-ring (bicyclic) bond motifs is 1. The summed E-state index contributed by atoms with van der Waals surface area (Å²) in [5.74, 6) is 0.194. The van der Waals surface area contributed by atoms with Crippen LogP contribution in [0.15, 0.2) is 23.6 Å². The number of nitrogen functional groups attached to an aromatic ring is 1. The normalized spacial score (nSPS) is 11.8. The van der Waals surface area contributed by atoms with Gasteiger partial charge in [0.25, 0.3) is 0 Å². The molecule has 0 aliphatic carbocycles. The van der Waals surface area contributed by atoms with Crippen LogP contribution in [0, 0.1) is 0 Å². The number of pyridine rings is 1. The van der Waals surface area contributed by atoms with Crippen molar-refractivity contribution in [2.75, 3.05) is 12.0 Å². The number of rotatable bonds is 1. The maximum atomic E-state index is 11.2. The Bertz CT molecular complexity index is 624. The maximum Gasteiger partial charge on any atom is 0.247 e. The van der Waals surface area contributed by atoms with Crippen LogP contribution >= 0.6 is 0 Å². The van der Waals surface area contributed by atoms with Crippen molar-refractivity contribution in [3.05, 3.63) is 18.5 Å². The van der Waals surface area contributed by atoms with Crippen molar-refractivity contribution >= 4 is 26.6 Å². The molecular weight excluding hydrogens is 216 g/mol. The van der Waals surface area contributed by atoms with Crippen LogP contribution in [0.4, 0.5) is 5.82 Å². The Hall–Kier alpha value is -1.76. The van der Waals surface area contributed by atoms with Crippen LogP contribution in [0.25, 0.3) is 10.9 Å². The molecule has 2 aromatic heterocycles. The van der Waals surface area contributed by atoms with Gasteiger partial charge in [0, 0.05) is 24.0 Å². The highest BCUT2D eigenvalue weighted by molar-refractivity contribution is 7.90. The van der Waals surface area contributed by atoms with Gasteiger partial charge >= 0.3 is 0 Å². The second kappa shape index (κ2) is 3.13. The van der Waals surface area contributed by atoms with Gasteiger partial charge in [0.1, 0.15) is 11.3 Å². The molecule has 0 atom stereocenters. The van der Waals surface area contributed by atoms with Crippen molar-refractivity contribution in [3.8, 4) is 0 Å². The summed E-state index contributed by atoms with van der Waals surface area (Å²) in [6.45, 7) is 0. The fourth-order valence-corrected chi connectivity index (χ4v) is 1.64. The standard InChI is InChI=1S/C8H8N4O2S/c1-15(13,14)8-11-4-5-2-3-10-7(9)6(5)12-8/h2-4H,1H3,(H2,9,10). The predicted molar refractivity (Wildman–Crippen MR) is 54.9 cm³/mol. The lowest BCUT2D eigenvalue weighted by atomic mass is 10.3. The lowest BCUT2D eigenvalue weighted by Crippen LogP contribution is -2.05. The molecule has 0 amide bonds. The van der Waals surface area contributed by atoms with Gasteiger partial charge in [-0.2, -0.15) is 0 Å². The zero-order chi connectivity index (χ0) is 11.1. The lowest BCUT2D eigenvalue weighted by Gasteiger charge is -2.01. The second-order valence-electron chi connectivity index (χ2n) is 3.06. The Morgan fingerprint density at radius 3 is 2.73 bits per heavy atom. The van der Waals surface area contributed by atoms with Crippen LogP contribution in [0.5, 0.6) is 0 Å². The number of nitrogens with two attached hydrogens (primary N) is 1. The van der Waals surface area contributed by atoms with Gasteiger partial charge in [-0.1, -0.05) is 0 Å². The van der Waals surface area contributed by atoms with E-state index in [9.17, 15) is 8.42 Å². The fraction of sp³-hybridized carbons (Fsp3) is 0.125. The van der Waals surface area contributed by atoms with Gasteiger partial charge in [0.2, 0.25) is 15.0 Å². The molecule has 0 spiro atoms. The monoisotopic (exact) mass is 224 g/mol. The van der Waals surface area contributed by atoms with Gasteiger partial charge in [0.05, 0.1) is 0 Å². The number of hydrogen-bond acceptors (Lipinski definition) is 6. The summed E-state index contributed by atoms with van der Waals surface area (Å²) in [7, 11) is -3.42. The Balaban J connectivity index is 2.81. The van der Waals surface area contributed by atoms with E-state index >= 15 is 0 Å². The van der Waals surface area contributed by atoms with Gasteiger partial charge in [-0.25, -0.2) is 23.4 Å². The summed E-state index contributed by atoms with van der Waals surface area (Å²) in [5, 5.41) is 0.421. The van der Waals surface area contributed by atoms with Crippen molar-refractivity contribution < 1.29 is 8.42 Å². The molecule has 2 N–H and O–H groups in total. The third kappa shape index (κ3) is 1.73. The summed E-state index contributed by atoms with van der Waals surface area (Å²) in [5.41, 5.74) is 5.93. The lowest BCUT2D eigenvalue weighted by molar-refractivity contribution is 0.594. The topological polar surface area (TPSA) is 98.8 Å². The highest BCUT2D eigenvalue weighted by atomic mass is 32.2. The number of hydrogen-bond donors (Lipinski definition) is 1. The number of sulfone groups is 1. The molecule has 2 aromatic rings. The van der Waals surface area contributed by atoms with Crippen LogP contribution in [0.1, 0.15) is 0 Å². The molecule has 0 saturated carbocycles. The average molecular weight is 224 g/mol. The first-order chi connectivity index (χ1) is 6.98. The van der Waals surface area contributed by atoms with E-state index in [2.05, 4.69) is 15.0 Å². The quantitative estimate of drug-likeness (QED) is 0.685. The minimum absolute atomic E-state index is 0.194. The molecule has 0 bridgehead atoms. The number of anilines is 1. The van der Waals surface area contributed by atoms with E-state index in [-0.39, 0.29) is 11.0 Å². The van der Waals surface area contributed by atoms with E-state index in [1.807, 2.05) is 0 Å². The van der Waals surface area contributed by atoms with Crippen LogP contribution in [0.3, 0.4) is 0 Å². The Labute approximate surface area is 86.1 Å². The smallest absolute Gasteiger partial charge is 0.247 e.